The first-order valence-corrected chi connectivity index (χ1v) is 5.24. The fourth-order valence-electron chi connectivity index (χ4n) is 1.94. The number of aromatic amines is 1. The van der Waals surface area contributed by atoms with Gasteiger partial charge in [-0.2, -0.15) is 13.2 Å². The van der Waals surface area contributed by atoms with Crippen LogP contribution < -0.4 is 0 Å². The van der Waals surface area contributed by atoms with Crippen molar-refractivity contribution in [2.45, 2.75) is 25.6 Å². The number of aliphatic hydroxyl groups is 1. The van der Waals surface area contributed by atoms with E-state index in [-0.39, 0.29) is 5.52 Å². The molecule has 1 unspecified atom stereocenters. The number of alkyl halides is 3. The highest BCUT2D eigenvalue weighted by Crippen LogP contribution is 2.35. The number of nitrogens with one attached hydrogen (secondary N) is 1. The summed E-state index contributed by atoms with van der Waals surface area (Å²) in [5.74, 6) is 0. The van der Waals surface area contributed by atoms with E-state index in [1.807, 2.05) is 0 Å². The smallest absolute Gasteiger partial charge is 0.393 e. The van der Waals surface area contributed by atoms with E-state index in [9.17, 15) is 18.3 Å². The van der Waals surface area contributed by atoms with Crippen molar-refractivity contribution in [3.05, 3.63) is 35.5 Å². The maximum absolute atomic E-state index is 12.7. The zero-order valence-corrected chi connectivity index (χ0v) is 9.17. The van der Waals surface area contributed by atoms with Crippen LogP contribution in [0.5, 0.6) is 0 Å². The Balaban J connectivity index is 2.57. The lowest BCUT2D eigenvalue weighted by Crippen LogP contribution is -2.06. The minimum Gasteiger partial charge on any atom is -0.393 e. The van der Waals surface area contributed by atoms with Crippen molar-refractivity contribution >= 4 is 10.9 Å². The van der Waals surface area contributed by atoms with Crippen LogP contribution in [0.15, 0.2) is 24.4 Å². The molecule has 0 saturated carbocycles. The molecule has 0 aliphatic heterocycles. The number of fused-ring (bicyclic) bond motifs is 1. The summed E-state index contributed by atoms with van der Waals surface area (Å²) in [5, 5.41) is 9.79. The quantitative estimate of drug-likeness (QED) is 0.835. The summed E-state index contributed by atoms with van der Waals surface area (Å²) in [6, 6.07) is 4.05. The summed E-state index contributed by atoms with van der Waals surface area (Å²) in [6.07, 6.45) is -3.09. The zero-order chi connectivity index (χ0) is 12.6. The first-order valence-electron chi connectivity index (χ1n) is 5.24. The molecule has 0 spiro atoms. The Morgan fingerprint density at radius 2 is 2.06 bits per heavy atom. The zero-order valence-electron chi connectivity index (χ0n) is 9.17. The molecule has 0 saturated heterocycles. The van der Waals surface area contributed by atoms with Crippen molar-refractivity contribution < 1.29 is 18.3 Å². The van der Waals surface area contributed by atoms with E-state index in [1.54, 1.807) is 13.0 Å². The maximum atomic E-state index is 12.7. The predicted molar refractivity (Wildman–Crippen MR) is 58.7 cm³/mol. The molecular weight excluding hydrogens is 231 g/mol. The Bertz CT molecular complexity index is 528. The summed E-state index contributed by atoms with van der Waals surface area (Å²) < 4.78 is 38.2. The molecule has 1 atom stereocenters. The Morgan fingerprint density at radius 1 is 1.35 bits per heavy atom. The third-order valence-electron chi connectivity index (χ3n) is 2.62. The van der Waals surface area contributed by atoms with Gasteiger partial charge in [-0.25, -0.2) is 0 Å². The van der Waals surface area contributed by atoms with Crippen LogP contribution in [-0.4, -0.2) is 16.2 Å². The molecular formula is C12H12F3NO. The van der Waals surface area contributed by atoms with Gasteiger partial charge in [0.05, 0.1) is 17.2 Å². The number of H-pyrrole nitrogens is 1. The van der Waals surface area contributed by atoms with Crippen LogP contribution in [0.4, 0.5) is 13.2 Å². The van der Waals surface area contributed by atoms with Crippen LogP contribution in [0.1, 0.15) is 18.1 Å². The molecule has 0 aliphatic carbocycles. The van der Waals surface area contributed by atoms with Gasteiger partial charge in [0.15, 0.2) is 0 Å². The Labute approximate surface area is 96.1 Å². The first-order chi connectivity index (χ1) is 7.89. The van der Waals surface area contributed by atoms with E-state index in [4.69, 9.17) is 0 Å². The summed E-state index contributed by atoms with van der Waals surface area (Å²) in [4.78, 5) is 2.64. The fourth-order valence-corrected chi connectivity index (χ4v) is 1.94. The van der Waals surface area contributed by atoms with Gasteiger partial charge in [0.1, 0.15) is 0 Å². The predicted octanol–water partition coefficient (Wildman–Crippen LogP) is 3.11. The average molecular weight is 243 g/mol. The van der Waals surface area contributed by atoms with Crippen LogP contribution in [0.2, 0.25) is 0 Å². The van der Waals surface area contributed by atoms with Gasteiger partial charge in [0.2, 0.25) is 0 Å². The highest BCUT2D eigenvalue weighted by molar-refractivity contribution is 5.86. The number of hydrogen-bond acceptors (Lipinski definition) is 1. The second-order valence-electron chi connectivity index (χ2n) is 4.09. The van der Waals surface area contributed by atoms with Crippen LogP contribution in [0, 0.1) is 0 Å². The van der Waals surface area contributed by atoms with Gasteiger partial charge in [0.25, 0.3) is 0 Å². The molecule has 0 fully saturated rings. The van der Waals surface area contributed by atoms with Gasteiger partial charge in [-0.15, -0.1) is 0 Å². The number of aromatic nitrogens is 1. The molecule has 5 heteroatoms. The van der Waals surface area contributed by atoms with E-state index in [1.165, 1.54) is 12.3 Å². The highest BCUT2D eigenvalue weighted by Gasteiger charge is 2.33. The third-order valence-corrected chi connectivity index (χ3v) is 2.62. The molecule has 0 aliphatic rings. The van der Waals surface area contributed by atoms with E-state index in [2.05, 4.69) is 4.98 Å². The van der Waals surface area contributed by atoms with Gasteiger partial charge >= 0.3 is 6.18 Å². The summed E-state index contributed by atoms with van der Waals surface area (Å²) in [6.45, 7) is 1.60. The topological polar surface area (TPSA) is 36.0 Å². The van der Waals surface area contributed by atoms with Crippen molar-refractivity contribution in [3.8, 4) is 0 Å². The number of para-hydroxylation sites is 1. The van der Waals surface area contributed by atoms with Gasteiger partial charge in [0, 0.05) is 18.0 Å². The van der Waals surface area contributed by atoms with Crippen molar-refractivity contribution in [3.63, 3.8) is 0 Å². The summed E-state index contributed by atoms with van der Waals surface area (Å²) >= 11 is 0. The Kier molecular flexibility index (Phi) is 2.87. The first kappa shape index (κ1) is 12.0. The number of rotatable bonds is 2. The maximum Gasteiger partial charge on any atom is 0.418 e. The van der Waals surface area contributed by atoms with E-state index in [0.717, 1.165) is 6.07 Å². The van der Waals surface area contributed by atoms with E-state index < -0.39 is 17.8 Å². The average Bonchev–Trinajstić information content (AvgIpc) is 2.59. The molecule has 0 radical (unpaired) electrons. The molecule has 0 bridgehead atoms. The molecule has 2 nitrogen and oxygen atoms in total. The minimum absolute atomic E-state index is 0.0793. The molecule has 1 heterocycles. The van der Waals surface area contributed by atoms with Crippen LogP contribution in [0.3, 0.4) is 0 Å². The number of halogens is 3. The minimum atomic E-state index is -4.37. The van der Waals surface area contributed by atoms with Gasteiger partial charge in [-0.1, -0.05) is 12.1 Å². The Morgan fingerprint density at radius 3 is 2.65 bits per heavy atom. The van der Waals surface area contributed by atoms with Crippen molar-refractivity contribution in [2.24, 2.45) is 0 Å². The molecule has 2 N–H and O–H groups in total. The van der Waals surface area contributed by atoms with Crippen molar-refractivity contribution in [1.29, 1.82) is 0 Å². The van der Waals surface area contributed by atoms with Gasteiger partial charge in [-0.3, -0.25) is 0 Å². The third kappa shape index (κ3) is 2.29. The van der Waals surface area contributed by atoms with Gasteiger partial charge in [-0.05, 0) is 18.6 Å². The molecule has 2 aromatic rings. The number of aliphatic hydroxyl groups excluding tert-OH is 1. The Hall–Kier alpha value is -1.49. The normalized spacial score (nSPS) is 14.2. The molecule has 1 aromatic carbocycles. The van der Waals surface area contributed by atoms with E-state index >= 15 is 0 Å². The molecule has 92 valence electrons. The van der Waals surface area contributed by atoms with Crippen molar-refractivity contribution in [2.75, 3.05) is 0 Å². The summed E-state index contributed by atoms with van der Waals surface area (Å²) in [5.41, 5.74) is 0.101. The lowest BCUT2D eigenvalue weighted by atomic mass is 10.0. The van der Waals surface area contributed by atoms with Crippen LogP contribution in [-0.2, 0) is 12.6 Å². The monoisotopic (exact) mass is 243 g/mol. The lowest BCUT2D eigenvalue weighted by Gasteiger charge is -2.08. The van der Waals surface area contributed by atoms with Crippen LogP contribution >= 0.6 is 0 Å². The fraction of sp³-hybridized carbons (Fsp3) is 0.333. The van der Waals surface area contributed by atoms with Crippen molar-refractivity contribution in [1.82, 2.24) is 4.98 Å². The second kappa shape index (κ2) is 4.07. The largest absolute Gasteiger partial charge is 0.418 e. The standard InChI is InChI=1S/C12H12F3NO/c1-7(17)5-8-6-16-11-9(8)3-2-4-10(11)12(13,14)15/h2-4,6-7,16-17H,5H2,1H3. The molecule has 17 heavy (non-hydrogen) atoms. The number of hydrogen-bond donors (Lipinski definition) is 2. The highest BCUT2D eigenvalue weighted by atomic mass is 19.4. The van der Waals surface area contributed by atoms with Gasteiger partial charge < -0.3 is 10.1 Å². The molecule has 1 aromatic heterocycles. The number of benzene rings is 1. The second-order valence-corrected chi connectivity index (χ2v) is 4.09. The summed E-state index contributed by atoms with van der Waals surface area (Å²) in [7, 11) is 0. The lowest BCUT2D eigenvalue weighted by molar-refractivity contribution is -0.136. The van der Waals surface area contributed by atoms with E-state index in [0.29, 0.717) is 17.4 Å². The SMILES string of the molecule is CC(O)Cc1c[nH]c2c(C(F)(F)F)cccc12. The molecule has 0 amide bonds. The molecule has 2 rings (SSSR count). The van der Waals surface area contributed by atoms with Crippen LogP contribution in [0.25, 0.3) is 10.9 Å².